The maximum Gasteiger partial charge on any atom is 0.123 e. The molecule has 0 aliphatic carbocycles. The monoisotopic (exact) mass is 208 g/mol. The summed E-state index contributed by atoms with van der Waals surface area (Å²) < 4.78 is 13.0. The maximum absolute atomic E-state index is 13.0. The molecule has 0 amide bonds. The molecule has 15 heavy (non-hydrogen) atoms. The van der Waals surface area contributed by atoms with E-state index in [1.165, 1.54) is 12.1 Å². The summed E-state index contributed by atoms with van der Waals surface area (Å²) in [5, 5.41) is 0. The molecule has 3 N–H and O–H groups in total. The molecule has 2 nitrogen and oxygen atoms in total. The zero-order valence-corrected chi connectivity index (χ0v) is 8.96. The van der Waals surface area contributed by atoms with E-state index in [-0.39, 0.29) is 11.9 Å². The van der Waals surface area contributed by atoms with Gasteiger partial charge in [0.1, 0.15) is 5.82 Å². The molecule has 0 aromatic heterocycles. The standard InChI is InChI=1S/C12H17FN2/c1-3-9(2)7-12(15-14)10-5-4-6-11(13)8-10/h4-6,8,12,15H,2-3,7,14H2,1H3. The first-order chi connectivity index (χ1) is 7.17. The average Bonchev–Trinajstić information content (AvgIpc) is 2.25. The van der Waals surface area contributed by atoms with Crippen molar-refractivity contribution in [2.45, 2.75) is 25.8 Å². The number of hydrazine groups is 1. The lowest BCUT2D eigenvalue weighted by atomic mass is 9.99. The Hall–Kier alpha value is -1.19. The Kier molecular flexibility index (Phi) is 4.46. The van der Waals surface area contributed by atoms with Gasteiger partial charge in [0.15, 0.2) is 0 Å². The van der Waals surface area contributed by atoms with Gasteiger partial charge in [-0.2, -0.15) is 0 Å². The highest BCUT2D eigenvalue weighted by Crippen LogP contribution is 2.21. The number of hydrogen-bond donors (Lipinski definition) is 2. The largest absolute Gasteiger partial charge is 0.271 e. The SMILES string of the molecule is C=C(CC)CC(NN)c1cccc(F)c1. The van der Waals surface area contributed by atoms with Gasteiger partial charge in [-0.15, -0.1) is 0 Å². The van der Waals surface area contributed by atoms with E-state index in [4.69, 9.17) is 5.84 Å². The van der Waals surface area contributed by atoms with Crippen molar-refractivity contribution in [1.29, 1.82) is 0 Å². The van der Waals surface area contributed by atoms with E-state index in [9.17, 15) is 4.39 Å². The normalized spacial score (nSPS) is 12.5. The van der Waals surface area contributed by atoms with Crippen LogP contribution in [0.4, 0.5) is 4.39 Å². The number of hydrogen-bond acceptors (Lipinski definition) is 2. The maximum atomic E-state index is 13.0. The molecule has 1 atom stereocenters. The van der Waals surface area contributed by atoms with Gasteiger partial charge in [-0.3, -0.25) is 11.3 Å². The second-order valence-corrected chi connectivity index (χ2v) is 3.58. The number of nitrogens with one attached hydrogen (secondary N) is 1. The van der Waals surface area contributed by atoms with E-state index in [2.05, 4.69) is 12.0 Å². The minimum Gasteiger partial charge on any atom is -0.271 e. The van der Waals surface area contributed by atoms with E-state index in [1.807, 2.05) is 13.0 Å². The molecular formula is C12H17FN2. The van der Waals surface area contributed by atoms with Gasteiger partial charge in [0.25, 0.3) is 0 Å². The summed E-state index contributed by atoms with van der Waals surface area (Å²) in [4.78, 5) is 0. The molecule has 82 valence electrons. The number of nitrogens with two attached hydrogens (primary N) is 1. The lowest BCUT2D eigenvalue weighted by molar-refractivity contribution is 0.538. The summed E-state index contributed by atoms with van der Waals surface area (Å²) in [5.74, 6) is 5.20. The minimum atomic E-state index is -0.241. The highest BCUT2D eigenvalue weighted by atomic mass is 19.1. The molecule has 0 saturated heterocycles. The van der Waals surface area contributed by atoms with Crippen LogP contribution in [0, 0.1) is 5.82 Å². The summed E-state index contributed by atoms with van der Waals surface area (Å²) in [6.07, 6.45) is 1.64. The van der Waals surface area contributed by atoms with Crippen molar-refractivity contribution in [1.82, 2.24) is 5.43 Å². The summed E-state index contributed by atoms with van der Waals surface area (Å²) >= 11 is 0. The number of benzene rings is 1. The Bertz CT molecular complexity index is 336. The summed E-state index contributed by atoms with van der Waals surface area (Å²) in [7, 11) is 0. The van der Waals surface area contributed by atoms with Gasteiger partial charge >= 0.3 is 0 Å². The first-order valence-corrected chi connectivity index (χ1v) is 5.05. The third kappa shape index (κ3) is 3.46. The van der Waals surface area contributed by atoms with Crippen LogP contribution in [0.2, 0.25) is 0 Å². The Labute approximate surface area is 90.0 Å². The van der Waals surface area contributed by atoms with Crippen LogP contribution in [0.25, 0.3) is 0 Å². The van der Waals surface area contributed by atoms with Gasteiger partial charge in [-0.05, 0) is 30.5 Å². The molecule has 1 aromatic carbocycles. The van der Waals surface area contributed by atoms with Gasteiger partial charge < -0.3 is 0 Å². The summed E-state index contributed by atoms with van der Waals surface area (Å²) in [6.45, 7) is 5.96. The molecule has 0 spiro atoms. The first-order valence-electron chi connectivity index (χ1n) is 5.05. The molecule has 0 radical (unpaired) electrons. The topological polar surface area (TPSA) is 38.0 Å². The Morgan fingerprint density at radius 1 is 1.60 bits per heavy atom. The lowest BCUT2D eigenvalue weighted by Gasteiger charge is -2.17. The van der Waals surface area contributed by atoms with Crippen LogP contribution in [0.15, 0.2) is 36.4 Å². The molecular weight excluding hydrogens is 191 g/mol. The molecule has 1 rings (SSSR count). The molecule has 0 bridgehead atoms. The summed E-state index contributed by atoms with van der Waals surface area (Å²) in [5.41, 5.74) is 4.64. The van der Waals surface area contributed by atoms with Crippen LogP contribution in [-0.4, -0.2) is 0 Å². The molecule has 1 aromatic rings. The molecule has 0 aliphatic heterocycles. The fourth-order valence-corrected chi connectivity index (χ4v) is 1.43. The molecule has 3 heteroatoms. The van der Waals surface area contributed by atoms with Gasteiger partial charge in [0.2, 0.25) is 0 Å². The van der Waals surface area contributed by atoms with E-state index < -0.39 is 0 Å². The summed E-state index contributed by atoms with van der Waals surface area (Å²) in [6, 6.07) is 6.40. The van der Waals surface area contributed by atoms with Crippen molar-refractivity contribution in [2.24, 2.45) is 5.84 Å². The second kappa shape index (κ2) is 5.63. The van der Waals surface area contributed by atoms with E-state index in [0.29, 0.717) is 0 Å². The van der Waals surface area contributed by atoms with Crippen LogP contribution in [-0.2, 0) is 0 Å². The quantitative estimate of drug-likeness (QED) is 0.443. The predicted molar refractivity (Wildman–Crippen MR) is 60.5 cm³/mol. The third-order valence-corrected chi connectivity index (χ3v) is 2.45. The van der Waals surface area contributed by atoms with E-state index in [1.54, 1.807) is 6.07 Å². The fourth-order valence-electron chi connectivity index (χ4n) is 1.43. The van der Waals surface area contributed by atoms with Crippen LogP contribution >= 0.6 is 0 Å². The molecule has 0 heterocycles. The number of halogens is 1. The van der Waals surface area contributed by atoms with E-state index in [0.717, 1.165) is 24.0 Å². The van der Waals surface area contributed by atoms with Crippen molar-refractivity contribution in [3.63, 3.8) is 0 Å². The first kappa shape index (κ1) is 11.9. The molecule has 1 unspecified atom stereocenters. The van der Waals surface area contributed by atoms with Crippen molar-refractivity contribution in [3.8, 4) is 0 Å². The van der Waals surface area contributed by atoms with Crippen LogP contribution in [0.3, 0.4) is 0 Å². The lowest BCUT2D eigenvalue weighted by Crippen LogP contribution is -2.28. The van der Waals surface area contributed by atoms with Gasteiger partial charge in [0, 0.05) is 6.04 Å². The minimum absolute atomic E-state index is 0.0619. The zero-order valence-electron chi connectivity index (χ0n) is 8.96. The smallest absolute Gasteiger partial charge is 0.123 e. The second-order valence-electron chi connectivity index (χ2n) is 3.58. The van der Waals surface area contributed by atoms with Gasteiger partial charge in [-0.1, -0.05) is 31.2 Å². The Morgan fingerprint density at radius 2 is 2.33 bits per heavy atom. The fraction of sp³-hybridized carbons (Fsp3) is 0.333. The number of rotatable bonds is 5. The highest BCUT2D eigenvalue weighted by molar-refractivity contribution is 5.21. The van der Waals surface area contributed by atoms with Crippen molar-refractivity contribution < 1.29 is 4.39 Å². The van der Waals surface area contributed by atoms with Crippen molar-refractivity contribution in [2.75, 3.05) is 0 Å². The third-order valence-electron chi connectivity index (χ3n) is 2.45. The highest BCUT2D eigenvalue weighted by Gasteiger charge is 2.10. The predicted octanol–water partition coefficient (Wildman–Crippen LogP) is 2.69. The Balaban J connectivity index is 2.78. The van der Waals surface area contributed by atoms with Crippen LogP contribution in [0.1, 0.15) is 31.4 Å². The Morgan fingerprint density at radius 3 is 2.87 bits per heavy atom. The van der Waals surface area contributed by atoms with Gasteiger partial charge in [-0.25, -0.2) is 4.39 Å². The van der Waals surface area contributed by atoms with E-state index >= 15 is 0 Å². The van der Waals surface area contributed by atoms with Crippen molar-refractivity contribution in [3.05, 3.63) is 47.8 Å². The molecule has 0 fully saturated rings. The van der Waals surface area contributed by atoms with Crippen molar-refractivity contribution >= 4 is 0 Å². The molecule has 0 aliphatic rings. The van der Waals surface area contributed by atoms with Crippen LogP contribution in [0.5, 0.6) is 0 Å². The molecule has 0 saturated carbocycles. The van der Waals surface area contributed by atoms with Crippen LogP contribution < -0.4 is 11.3 Å². The van der Waals surface area contributed by atoms with Gasteiger partial charge in [0.05, 0.1) is 0 Å². The average molecular weight is 208 g/mol. The zero-order chi connectivity index (χ0) is 11.3.